The first-order valence-corrected chi connectivity index (χ1v) is 9.41. The molecule has 1 atom stereocenters. The molecule has 3 heterocycles. The molecule has 1 aromatic carbocycles. The fourth-order valence-corrected chi connectivity index (χ4v) is 4.59. The highest BCUT2D eigenvalue weighted by molar-refractivity contribution is 5.93. The Morgan fingerprint density at radius 2 is 1.85 bits per heavy atom. The standard InChI is InChI=1S/C21H26N4O2/c1-22-19(26)17-12-24(11-16-7-4-3-5-8-16)13-21(17)14-25(15-21)20(27)18-9-6-10-23(18)2/h3-10,17H,11-15H2,1-2H3,(H,22,26). The van der Waals surface area contributed by atoms with Gasteiger partial charge < -0.3 is 14.8 Å². The summed E-state index contributed by atoms with van der Waals surface area (Å²) in [5.41, 5.74) is 1.80. The lowest BCUT2D eigenvalue weighted by molar-refractivity contribution is -0.130. The number of amides is 2. The molecular weight excluding hydrogens is 340 g/mol. The van der Waals surface area contributed by atoms with Crippen LogP contribution in [0.5, 0.6) is 0 Å². The van der Waals surface area contributed by atoms with Gasteiger partial charge in [0.2, 0.25) is 5.91 Å². The topological polar surface area (TPSA) is 57.6 Å². The summed E-state index contributed by atoms with van der Waals surface area (Å²) < 4.78 is 1.85. The number of aryl methyl sites for hydroxylation is 1. The smallest absolute Gasteiger partial charge is 0.270 e. The molecule has 2 amide bonds. The molecule has 1 aromatic heterocycles. The molecule has 2 fully saturated rings. The van der Waals surface area contributed by atoms with Crippen molar-refractivity contribution in [2.75, 3.05) is 33.2 Å². The first-order chi connectivity index (χ1) is 13.0. The van der Waals surface area contributed by atoms with E-state index >= 15 is 0 Å². The van der Waals surface area contributed by atoms with E-state index in [4.69, 9.17) is 0 Å². The molecule has 1 spiro atoms. The van der Waals surface area contributed by atoms with Crippen molar-refractivity contribution >= 4 is 11.8 Å². The second-order valence-electron chi connectivity index (χ2n) is 7.85. The highest BCUT2D eigenvalue weighted by atomic mass is 16.2. The fraction of sp³-hybridized carbons (Fsp3) is 0.429. The van der Waals surface area contributed by atoms with Crippen LogP contribution in [0.4, 0.5) is 0 Å². The second-order valence-corrected chi connectivity index (χ2v) is 7.85. The Balaban J connectivity index is 1.48. The van der Waals surface area contributed by atoms with Gasteiger partial charge in [0.25, 0.3) is 5.91 Å². The Morgan fingerprint density at radius 3 is 2.48 bits per heavy atom. The van der Waals surface area contributed by atoms with Crippen molar-refractivity contribution in [1.82, 2.24) is 19.7 Å². The first-order valence-electron chi connectivity index (χ1n) is 9.41. The van der Waals surface area contributed by atoms with Crippen LogP contribution in [0.15, 0.2) is 48.7 Å². The lowest BCUT2D eigenvalue weighted by atomic mass is 9.71. The van der Waals surface area contributed by atoms with Crippen LogP contribution in [-0.2, 0) is 18.4 Å². The summed E-state index contributed by atoms with van der Waals surface area (Å²) in [5.74, 6) is 0.0468. The van der Waals surface area contributed by atoms with Gasteiger partial charge in [-0.05, 0) is 17.7 Å². The van der Waals surface area contributed by atoms with E-state index in [0.29, 0.717) is 18.8 Å². The SMILES string of the molecule is CNC(=O)C1CN(Cc2ccccc2)CC12CN(C(=O)c1cccn1C)C2. The summed E-state index contributed by atoms with van der Waals surface area (Å²) in [7, 11) is 3.58. The minimum atomic E-state index is -0.143. The molecule has 6 heteroatoms. The van der Waals surface area contributed by atoms with Gasteiger partial charge in [-0.3, -0.25) is 14.5 Å². The average molecular weight is 366 g/mol. The van der Waals surface area contributed by atoms with Crippen LogP contribution in [0.25, 0.3) is 0 Å². The summed E-state index contributed by atoms with van der Waals surface area (Å²) in [6.07, 6.45) is 1.88. The molecule has 2 aliphatic heterocycles. The highest BCUT2D eigenvalue weighted by Crippen LogP contribution is 2.45. The first kappa shape index (κ1) is 17.8. The molecule has 27 heavy (non-hydrogen) atoms. The molecule has 2 saturated heterocycles. The summed E-state index contributed by atoms with van der Waals surface area (Å²) >= 11 is 0. The van der Waals surface area contributed by atoms with Gasteiger partial charge in [0.15, 0.2) is 0 Å². The summed E-state index contributed by atoms with van der Waals surface area (Å²) in [4.78, 5) is 29.5. The Hall–Kier alpha value is -2.60. The van der Waals surface area contributed by atoms with Gasteiger partial charge in [-0.15, -0.1) is 0 Å². The third kappa shape index (κ3) is 3.14. The molecule has 2 aliphatic rings. The van der Waals surface area contributed by atoms with E-state index in [-0.39, 0.29) is 23.1 Å². The van der Waals surface area contributed by atoms with Gasteiger partial charge >= 0.3 is 0 Å². The zero-order valence-corrected chi connectivity index (χ0v) is 15.9. The third-order valence-electron chi connectivity index (χ3n) is 5.99. The van der Waals surface area contributed by atoms with Crippen LogP contribution in [-0.4, -0.2) is 59.4 Å². The number of aromatic nitrogens is 1. The summed E-state index contributed by atoms with van der Waals surface area (Å²) in [5, 5.41) is 2.82. The van der Waals surface area contributed by atoms with Gasteiger partial charge in [-0.1, -0.05) is 30.3 Å². The normalized spacial score (nSPS) is 21.3. The van der Waals surface area contributed by atoms with Gasteiger partial charge in [0, 0.05) is 58.4 Å². The van der Waals surface area contributed by atoms with E-state index in [1.165, 1.54) is 5.56 Å². The number of likely N-dealkylation sites (tertiary alicyclic amines) is 2. The molecule has 0 aliphatic carbocycles. The predicted molar refractivity (Wildman–Crippen MR) is 103 cm³/mol. The van der Waals surface area contributed by atoms with Crippen LogP contribution in [0.3, 0.4) is 0 Å². The Bertz CT molecular complexity index is 839. The molecule has 0 saturated carbocycles. The van der Waals surface area contributed by atoms with E-state index in [9.17, 15) is 9.59 Å². The largest absolute Gasteiger partial charge is 0.359 e. The lowest BCUT2D eigenvalue weighted by Gasteiger charge is -2.50. The molecule has 142 valence electrons. The molecule has 0 bridgehead atoms. The maximum absolute atomic E-state index is 12.8. The van der Waals surface area contributed by atoms with Crippen molar-refractivity contribution < 1.29 is 9.59 Å². The Morgan fingerprint density at radius 1 is 1.11 bits per heavy atom. The quantitative estimate of drug-likeness (QED) is 0.889. The van der Waals surface area contributed by atoms with Crippen LogP contribution < -0.4 is 5.32 Å². The maximum Gasteiger partial charge on any atom is 0.270 e. The number of nitrogens with zero attached hydrogens (tertiary/aromatic N) is 3. The molecular formula is C21H26N4O2. The molecule has 1 N–H and O–H groups in total. The fourth-order valence-electron chi connectivity index (χ4n) is 4.59. The molecule has 1 unspecified atom stereocenters. The second kappa shape index (κ2) is 6.85. The number of carbonyl (C=O) groups excluding carboxylic acids is 2. The van der Waals surface area contributed by atoms with Crippen molar-refractivity contribution in [2.45, 2.75) is 6.54 Å². The van der Waals surface area contributed by atoms with Crippen molar-refractivity contribution in [1.29, 1.82) is 0 Å². The van der Waals surface area contributed by atoms with Crippen molar-refractivity contribution in [3.8, 4) is 0 Å². The van der Waals surface area contributed by atoms with E-state index in [1.54, 1.807) is 7.05 Å². The third-order valence-corrected chi connectivity index (χ3v) is 5.99. The number of nitrogens with one attached hydrogen (secondary N) is 1. The predicted octanol–water partition coefficient (Wildman–Crippen LogP) is 1.35. The monoisotopic (exact) mass is 366 g/mol. The number of rotatable bonds is 4. The van der Waals surface area contributed by atoms with Crippen LogP contribution in [0, 0.1) is 11.3 Å². The molecule has 4 rings (SSSR count). The Labute approximate surface area is 159 Å². The average Bonchev–Trinajstić information content (AvgIpc) is 3.24. The van der Waals surface area contributed by atoms with Gasteiger partial charge in [0.05, 0.1) is 5.92 Å². The minimum absolute atomic E-state index is 0.0466. The summed E-state index contributed by atoms with van der Waals surface area (Å²) in [6, 6.07) is 14.1. The maximum atomic E-state index is 12.8. The van der Waals surface area contributed by atoms with Crippen molar-refractivity contribution in [2.24, 2.45) is 18.4 Å². The van der Waals surface area contributed by atoms with E-state index in [2.05, 4.69) is 22.3 Å². The lowest BCUT2D eigenvalue weighted by Crippen LogP contribution is -2.64. The van der Waals surface area contributed by atoms with Crippen LogP contribution >= 0.6 is 0 Å². The van der Waals surface area contributed by atoms with Crippen LogP contribution in [0.1, 0.15) is 16.1 Å². The zero-order valence-electron chi connectivity index (χ0n) is 15.9. The van der Waals surface area contributed by atoms with E-state index < -0.39 is 0 Å². The number of benzene rings is 1. The molecule has 2 aromatic rings. The zero-order chi connectivity index (χ0) is 19.0. The summed E-state index contributed by atoms with van der Waals surface area (Å²) in [6.45, 7) is 3.69. The highest BCUT2D eigenvalue weighted by Gasteiger charge is 2.57. The number of hydrogen-bond acceptors (Lipinski definition) is 3. The molecule has 6 nitrogen and oxygen atoms in total. The van der Waals surface area contributed by atoms with Gasteiger partial charge in [0.1, 0.15) is 5.69 Å². The van der Waals surface area contributed by atoms with E-state index in [0.717, 1.165) is 19.6 Å². The molecule has 0 radical (unpaired) electrons. The number of hydrogen-bond donors (Lipinski definition) is 1. The van der Waals surface area contributed by atoms with Gasteiger partial charge in [-0.25, -0.2) is 0 Å². The van der Waals surface area contributed by atoms with Crippen LogP contribution in [0.2, 0.25) is 0 Å². The van der Waals surface area contributed by atoms with Gasteiger partial charge in [-0.2, -0.15) is 0 Å². The number of carbonyl (C=O) groups is 2. The van der Waals surface area contributed by atoms with Crippen molar-refractivity contribution in [3.05, 3.63) is 59.9 Å². The van der Waals surface area contributed by atoms with Crippen molar-refractivity contribution in [3.63, 3.8) is 0 Å². The Kier molecular flexibility index (Phi) is 4.52. The van der Waals surface area contributed by atoms with E-state index in [1.807, 2.05) is 53.0 Å². The minimum Gasteiger partial charge on any atom is -0.359 e.